The Kier molecular flexibility index (Phi) is 6.65. The van der Waals surface area contributed by atoms with Crippen molar-refractivity contribution in [2.45, 2.75) is 38.2 Å². The molecule has 0 aliphatic heterocycles. The Labute approximate surface area is 181 Å². The Bertz CT molecular complexity index is 1140. The summed E-state index contributed by atoms with van der Waals surface area (Å²) in [7, 11) is -2.19. The summed E-state index contributed by atoms with van der Waals surface area (Å²) < 4.78 is 37.6. The third-order valence-electron chi connectivity index (χ3n) is 4.70. The summed E-state index contributed by atoms with van der Waals surface area (Å²) in [4.78, 5) is 12.7. The zero-order valence-corrected chi connectivity index (χ0v) is 18.6. The number of nitrogens with zero attached hydrogens (tertiary/aromatic N) is 2. The fourth-order valence-corrected chi connectivity index (χ4v) is 4.06. The second-order valence-corrected chi connectivity index (χ2v) is 9.08. The Morgan fingerprint density at radius 2 is 1.77 bits per heavy atom. The number of hydrogen-bond donors (Lipinski definition) is 1. The second-order valence-electron chi connectivity index (χ2n) is 7.11. The third kappa shape index (κ3) is 5.24. The summed E-state index contributed by atoms with van der Waals surface area (Å²) in [5.41, 5.74) is 1.46. The van der Waals surface area contributed by atoms with Gasteiger partial charge < -0.3 is 14.6 Å². The maximum absolute atomic E-state index is 12.8. The average molecular weight is 444 g/mol. The van der Waals surface area contributed by atoms with E-state index in [0.29, 0.717) is 29.4 Å². The lowest BCUT2D eigenvalue weighted by Crippen LogP contribution is -2.32. The summed E-state index contributed by atoms with van der Waals surface area (Å²) >= 11 is 0. The molecule has 1 heterocycles. The van der Waals surface area contributed by atoms with Crippen LogP contribution in [0.25, 0.3) is 0 Å². The number of carbonyl (C=O) groups is 1. The Balaban J connectivity index is 1.69. The highest BCUT2D eigenvalue weighted by Crippen LogP contribution is 2.25. The van der Waals surface area contributed by atoms with Gasteiger partial charge in [-0.15, -0.1) is 0 Å². The molecule has 1 amide bonds. The van der Waals surface area contributed by atoms with Crippen molar-refractivity contribution in [2.75, 3.05) is 16.7 Å². The van der Waals surface area contributed by atoms with Crippen LogP contribution in [0, 0.1) is 13.8 Å². The molecular weight excluding hydrogens is 418 g/mol. The predicted octanol–water partition coefficient (Wildman–Crippen LogP) is 3.91. The first-order valence-corrected chi connectivity index (χ1v) is 11.2. The van der Waals surface area contributed by atoms with Crippen molar-refractivity contribution in [1.29, 1.82) is 0 Å². The van der Waals surface area contributed by atoms with Crippen LogP contribution in [0.2, 0.25) is 0 Å². The molecule has 0 radical (unpaired) electrons. The van der Waals surface area contributed by atoms with Gasteiger partial charge in [-0.2, -0.15) is 0 Å². The molecule has 0 saturated heterocycles. The van der Waals surface area contributed by atoms with Gasteiger partial charge in [-0.1, -0.05) is 29.8 Å². The molecule has 1 unspecified atom stereocenters. The Hall–Kier alpha value is -3.33. The van der Waals surface area contributed by atoms with E-state index >= 15 is 0 Å². The highest BCUT2D eigenvalue weighted by molar-refractivity contribution is 7.92. The highest BCUT2D eigenvalue weighted by atomic mass is 32.2. The van der Waals surface area contributed by atoms with Gasteiger partial charge in [0.05, 0.1) is 10.6 Å². The number of rotatable bonds is 8. The van der Waals surface area contributed by atoms with Gasteiger partial charge in [0, 0.05) is 13.1 Å². The number of benzene rings is 2. The largest absolute Gasteiger partial charge is 0.481 e. The molecular formula is C22H25N3O5S. The van der Waals surface area contributed by atoms with Gasteiger partial charge in [0.1, 0.15) is 11.5 Å². The summed E-state index contributed by atoms with van der Waals surface area (Å²) in [5, 5.41) is 6.39. The topological polar surface area (TPSA) is 102 Å². The quantitative estimate of drug-likeness (QED) is 0.566. The molecule has 164 valence electrons. The molecule has 1 N–H and O–H groups in total. The Morgan fingerprint density at radius 3 is 2.32 bits per heavy atom. The van der Waals surface area contributed by atoms with Crippen LogP contribution >= 0.6 is 0 Å². The molecule has 0 saturated carbocycles. The van der Waals surface area contributed by atoms with Crippen LogP contribution < -0.4 is 14.4 Å². The smallest absolute Gasteiger partial charge is 0.266 e. The van der Waals surface area contributed by atoms with Crippen LogP contribution in [0.5, 0.6) is 5.75 Å². The molecule has 3 rings (SSSR count). The van der Waals surface area contributed by atoms with Crippen LogP contribution in [-0.2, 0) is 14.8 Å². The number of ether oxygens (including phenoxy) is 1. The summed E-state index contributed by atoms with van der Waals surface area (Å²) in [6, 6.07) is 14.8. The minimum atomic E-state index is -3.68. The third-order valence-corrected chi connectivity index (χ3v) is 6.50. The van der Waals surface area contributed by atoms with Crippen molar-refractivity contribution in [3.05, 3.63) is 65.9 Å². The molecule has 1 aromatic heterocycles. The number of aryl methyl sites for hydroxylation is 2. The van der Waals surface area contributed by atoms with Crippen molar-refractivity contribution in [3.8, 4) is 5.75 Å². The minimum absolute atomic E-state index is 0.215. The summed E-state index contributed by atoms with van der Waals surface area (Å²) in [5.74, 6) is 1.01. The van der Waals surface area contributed by atoms with E-state index in [0.717, 1.165) is 5.56 Å². The normalized spacial score (nSPS) is 12.3. The summed E-state index contributed by atoms with van der Waals surface area (Å²) in [6.45, 7) is 5.46. The van der Waals surface area contributed by atoms with Crippen molar-refractivity contribution >= 4 is 27.4 Å². The van der Waals surface area contributed by atoms with E-state index in [9.17, 15) is 13.2 Å². The monoisotopic (exact) mass is 443 g/mol. The SMILES string of the molecule is CCC(Oc1ccc(N(C)S(=O)(=O)c2ccc(C)cc2)cc1)C(=O)Nc1cc(C)on1. The van der Waals surface area contributed by atoms with Gasteiger partial charge in [0.2, 0.25) is 0 Å². The van der Waals surface area contributed by atoms with E-state index in [4.69, 9.17) is 9.26 Å². The zero-order valence-electron chi connectivity index (χ0n) is 17.8. The molecule has 3 aromatic rings. The molecule has 0 bridgehead atoms. The van der Waals surface area contributed by atoms with Gasteiger partial charge in [0.25, 0.3) is 15.9 Å². The number of sulfonamides is 1. The van der Waals surface area contributed by atoms with Crippen LogP contribution in [0.15, 0.2) is 64.0 Å². The lowest BCUT2D eigenvalue weighted by Gasteiger charge is -2.21. The van der Waals surface area contributed by atoms with Crippen molar-refractivity contribution in [3.63, 3.8) is 0 Å². The molecule has 0 aliphatic rings. The molecule has 2 aromatic carbocycles. The molecule has 8 nitrogen and oxygen atoms in total. The Morgan fingerprint density at radius 1 is 1.13 bits per heavy atom. The maximum atomic E-state index is 12.8. The van der Waals surface area contributed by atoms with E-state index in [2.05, 4.69) is 10.5 Å². The van der Waals surface area contributed by atoms with Crippen LogP contribution in [0.3, 0.4) is 0 Å². The highest BCUT2D eigenvalue weighted by Gasteiger charge is 2.22. The van der Waals surface area contributed by atoms with Gasteiger partial charge >= 0.3 is 0 Å². The number of amides is 1. The fourth-order valence-electron chi connectivity index (χ4n) is 2.86. The molecule has 31 heavy (non-hydrogen) atoms. The van der Waals surface area contributed by atoms with Gasteiger partial charge in [-0.25, -0.2) is 8.42 Å². The van der Waals surface area contributed by atoms with Gasteiger partial charge in [-0.05, 0) is 56.7 Å². The van der Waals surface area contributed by atoms with Crippen molar-refractivity contribution < 1.29 is 22.5 Å². The molecule has 0 spiro atoms. The molecule has 1 atom stereocenters. The fraction of sp³-hybridized carbons (Fsp3) is 0.273. The standard InChI is InChI=1S/C22H25N3O5S/c1-5-20(22(26)23-21-14-16(3)30-24-21)29-18-10-8-17(9-11-18)25(4)31(27,28)19-12-6-15(2)7-13-19/h6-14,20H,5H2,1-4H3,(H,23,24,26). The van der Waals surface area contributed by atoms with Gasteiger partial charge in [-0.3, -0.25) is 9.10 Å². The number of carbonyl (C=O) groups excluding carboxylic acids is 1. The van der Waals surface area contributed by atoms with E-state index in [1.54, 1.807) is 61.5 Å². The predicted molar refractivity (Wildman–Crippen MR) is 118 cm³/mol. The number of nitrogens with one attached hydrogen (secondary N) is 1. The number of anilines is 2. The van der Waals surface area contributed by atoms with E-state index in [1.165, 1.54) is 11.4 Å². The zero-order chi connectivity index (χ0) is 22.6. The number of aromatic nitrogens is 1. The average Bonchev–Trinajstić information content (AvgIpc) is 3.16. The minimum Gasteiger partial charge on any atom is -0.481 e. The van der Waals surface area contributed by atoms with E-state index in [-0.39, 0.29) is 10.8 Å². The second kappa shape index (κ2) is 9.22. The van der Waals surface area contributed by atoms with E-state index in [1.807, 2.05) is 13.8 Å². The lowest BCUT2D eigenvalue weighted by atomic mass is 10.2. The molecule has 0 aliphatic carbocycles. The first kappa shape index (κ1) is 22.4. The first-order chi connectivity index (χ1) is 14.7. The maximum Gasteiger partial charge on any atom is 0.266 e. The molecule has 9 heteroatoms. The molecule has 0 fully saturated rings. The van der Waals surface area contributed by atoms with Crippen LogP contribution in [-0.4, -0.2) is 32.6 Å². The lowest BCUT2D eigenvalue weighted by molar-refractivity contribution is -0.122. The van der Waals surface area contributed by atoms with Crippen molar-refractivity contribution in [2.24, 2.45) is 0 Å². The van der Waals surface area contributed by atoms with Crippen LogP contribution in [0.4, 0.5) is 11.5 Å². The first-order valence-electron chi connectivity index (χ1n) is 9.77. The van der Waals surface area contributed by atoms with Crippen molar-refractivity contribution in [1.82, 2.24) is 5.16 Å². The number of hydrogen-bond acceptors (Lipinski definition) is 6. The van der Waals surface area contributed by atoms with Gasteiger partial charge in [0.15, 0.2) is 11.9 Å². The summed E-state index contributed by atoms with van der Waals surface area (Å²) in [6.07, 6.45) is -0.302. The van der Waals surface area contributed by atoms with Crippen LogP contribution in [0.1, 0.15) is 24.7 Å². The van der Waals surface area contributed by atoms with E-state index < -0.39 is 16.1 Å².